The summed E-state index contributed by atoms with van der Waals surface area (Å²) in [4.78, 5) is 0. The van der Waals surface area contributed by atoms with Crippen molar-refractivity contribution in [2.24, 2.45) is 23.2 Å². The van der Waals surface area contributed by atoms with Gasteiger partial charge >= 0.3 is 0 Å². The molecule has 0 amide bonds. The van der Waals surface area contributed by atoms with Crippen LogP contribution in [0.15, 0.2) is 48.5 Å². The summed E-state index contributed by atoms with van der Waals surface area (Å²) in [6.07, 6.45) is 7.71. The van der Waals surface area contributed by atoms with Crippen LogP contribution in [0.5, 0.6) is 0 Å². The Labute approximate surface area is 180 Å². The van der Waals surface area contributed by atoms with E-state index < -0.39 is 0 Å². The van der Waals surface area contributed by atoms with Crippen molar-refractivity contribution in [2.45, 2.75) is 71.1 Å². The maximum absolute atomic E-state index is 13.5. The minimum absolute atomic E-state index is 0.101. The largest absolute Gasteiger partial charge is 0.207 e. The van der Waals surface area contributed by atoms with Gasteiger partial charge in [0.2, 0.25) is 0 Å². The summed E-state index contributed by atoms with van der Waals surface area (Å²) < 4.78 is 13.5. The Bertz CT molecular complexity index is 813. The van der Waals surface area contributed by atoms with E-state index in [9.17, 15) is 4.39 Å². The fraction of sp³-hybridized carbons (Fsp3) is 0.556. The lowest BCUT2D eigenvalue weighted by molar-refractivity contribution is 0.0724. The Morgan fingerprint density at radius 1 is 0.966 bits per heavy atom. The molecule has 0 aromatic heterocycles. The van der Waals surface area contributed by atoms with Crippen molar-refractivity contribution in [1.82, 2.24) is 0 Å². The quantitative estimate of drug-likeness (QED) is 0.427. The zero-order valence-corrected chi connectivity index (χ0v) is 18.8. The van der Waals surface area contributed by atoms with Crippen LogP contribution in [0.25, 0.3) is 0 Å². The second kappa shape index (κ2) is 8.42. The highest BCUT2D eigenvalue weighted by molar-refractivity contribution is 6.30. The molecule has 2 saturated carbocycles. The molecule has 156 valence electrons. The third kappa shape index (κ3) is 4.71. The Morgan fingerprint density at radius 2 is 1.62 bits per heavy atom. The van der Waals surface area contributed by atoms with Crippen molar-refractivity contribution in [3.05, 3.63) is 70.5 Å². The van der Waals surface area contributed by atoms with E-state index in [0.717, 1.165) is 28.7 Å². The maximum Gasteiger partial charge on any atom is 0.123 e. The fourth-order valence-corrected chi connectivity index (χ4v) is 5.59. The van der Waals surface area contributed by atoms with E-state index >= 15 is 0 Å². The molecule has 0 nitrogen and oxygen atoms in total. The van der Waals surface area contributed by atoms with Gasteiger partial charge in [0.15, 0.2) is 0 Å². The molecule has 29 heavy (non-hydrogen) atoms. The third-order valence-corrected chi connectivity index (χ3v) is 8.38. The first-order chi connectivity index (χ1) is 13.8. The SMILES string of the molecule is CC(CCC(C)(C)C1CC(c2cccc(F)c2)C1)C1CC(c2ccc(Cl)cc2)C1. The summed E-state index contributed by atoms with van der Waals surface area (Å²) in [6, 6.07) is 15.6. The number of rotatable bonds is 7. The molecule has 4 rings (SSSR count). The van der Waals surface area contributed by atoms with Gasteiger partial charge in [0.05, 0.1) is 0 Å². The van der Waals surface area contributed by atoms with Crippen LogP contribution in [0.3, 0.4) is 0 Å². The van der Waals surface area contributed by atoms with Crippen molar-refractivity contribution in [2.75, 3.05) is 0 Å². The summed E-state index contributed by atoms with van der Waals surface area (Å²) in [7, 11) is 0. The van der Waals surface area contributed by atoms with Crippen LogP contribution in [-0.4, -0.2) is 0 Å². The molecule has 2 heteroatoms. The summed E-state index contributed by atoms with van der Waals surface area (Å²) in [6.45, 7) is 7.35. The average Bonchev–Trinajstić information content (AvgIpc) is 2.59. The van der Waals surface area contributed by atoms with Gasteiger partial charge in [-0.05, 0) is 109 Å². The highest BCUT2D eigenvalue weighted by atomic mass is 35.5. The van der Waals surface area contributed by atoms with Gasteiger partial charge < -0.3 is 0 Å². The molecule has 1 unspecified atom stereocenters. The van der Waals surface area contributed by atoms with Gasteiger partial charge in [-0.3, -0.25) is 0 Å². The minimum Gasteiger partial charge on any atom is -0.207 e. The van der Waals surface area contributed by atoms with Crippen LogP contribution < -0.4 is 0 Å². The lowest BCUT2D eigenvalue weighted by Gasteiger charge is -2.47. The van der Waals surface area contributed by atoms with Crippen LogP contribution in [0.2, 0.25) is 5.02 Å². The fourth-order valence-electron chi connectivity index (χ4n) is 5.46. The molecule has 0 heterocycles. The van der Waals surface area contributed by atoms with E-state index in [4.69, 9.17) is 11.6 Å². The zero-order chi connectivity index (χ0) is 20.6. The third-order valence-electron chi connectivity index (χ3n) is 8.13. The summed E-state index contributed by atoms with van der Waals surface area (Å²) >= 11 is 6.02. The molecule has 0 bridgehead atoms. The minimum atomic E-state index is -0.101. The highest BCUT2D eigenvalue weighted by Crippen LogP contribution is 2.53. The van der Waals surface area contributed by atoms with Crippen LogP contribution in [-0.2, 0) is 0 Å². The van der Waals surface area contributed by atoms with Gasteiger partial charge in [-0.25, -0.2) is 4.39 Å². The average molecular weight is 413 g/mol. The van der Waals surface area contributed by atoms with Gasteiger partial charge in [0, 0.05) is 5.02 Å². The normalized spacial score (nSPS) is 27.8. The number of benzene rings is 2. The van der Waals surface area contributed by atoms with Gasteiger partial charge in [-0.2, -0.15) is 0 Å². The van der Waals surface area contributed by atoms with Crippen molar-refractivity contribution in [3.8, 4) is 0 Å². The van der Waals surface area contributed by atoms with E-state index in [-0.39, 0.29) is 5.82 Å². The van der Waals surface area contributed by atoms with Gasteiger partial charge in [0.1, 0.15) is 5.82 Å². The predicted octanol–water partition coefficient (Wildman–Crippen LogP) is 8.61. The summed E-state index contributed by atoms with van der Waals surface area (Å²) in [5, 5.41) is 0.829. The molecule has 1 atom stereocenters. The Balaban J connectivity index is 1.21. The smallest absolute Gasteiger partial charge is 0.123 e. The second-order valence-corrected chi connectivity index (χ2v) is 10.8. The van der Waals surface area contributed by atoms with Crippen molar-refractivity contribution < 1.29 is 4.39 Å². The molecule has 2 fully saturated rings. The molecule has 2 aliphatic rings. The number of hydrogen-bond donors (Lipinski definition) is 0. The molecule has 0 radical (unpaired) electrons. The lowest BCUT2D eigenvalue weighted by Crippen LogP contribution is -2.36. The van der Waals surface area contributed by atoms with E-state index in [0.29, 0.717) is 11.3 Å². The number of hydrogen-bond acceptors (Lipinski definition) is 0. The first-order valence-electron chi connectivity index (χ1n) is 11.3. The molecule has 0 saturated heterocycles. The van der Waals surface area contributed by atoms with Crippen molar-refractivity contribution in [1.29, 1.82) is 0 Å². The van der Waals surface area contributed by atoms with Gasteiger partial charge in [-0.15, -0.1) is 0 Å². The van der Waals surface area contributed by atoms with E-state index in [1.807, 2.05) is 18.2 Å². The molecule has 0 aliphatic heterocycles. The molecule has 2 aromatic carbocycles. The van der Waals surface area contributed by atoms with Crippen LogP contribution in [0.1, 0.15) is 82.3 Å². The first kappa shape index (κ1) is 20.9. The maximum atomic E-state index is 13.5. The molecule has 0 N–H and O–H groups in total. The Morgan fingerprint density at radius 3 is 2.28 bits per heavy atom. The first-order valence-corrected chi connectivity index (χ1v) is 11.7. The zero-order valence-electron chi connectivity index (χ0n) is 18.0. The molecule has 0 spiro atoms. The number of halogens is 2. The van der Waals surface area contributed by atoms with E-state index in [1.165, 1.54) is 49.7 Å². The van der Waals surface area contributed by atoms with E-state index in [2.05, 4.69) is 39.0 Å². The Hall–Kier alpha value is -1.34. The molecular formula is C27H34ClF. The van der Waals surface area contributed by atoms with Gasteiger partial charge in [-0.1, -0.05) is 56.6 Å². The standard InChI is InChI=1S/C27H34ClF/c1-18(21-13-22(14-21)19-7-9-25(28)10-8-19)11-12-27(2,3)24-15-23(16-24)20-5-4-6-26(29)17-20/h4-10,17-18,21-24H,11-16H2,1-3H3. The topological polar surface area (TPSA) is 0 Å². The predicted molar refractivity (Wildman–Crippen MR) is 121 cm³/mol. The monoisotopic (exact) mass is 412 g/mol. The molecular weight excluding hydrogens is 379 g/mol. The van der Waals surface area contributed by atoms with Gasteiger partial charge in [0.25, 0.3) is 0 Å². The summed E-state index contributed by atoms with van der Waals surface area (Å²) in [5.74, 6) is 3.62. The van der Waals surface area contributed by atoms with Crippen LogP contribution in [0.4, 0.5) is 4.39 Å². The lowest BCUT2D eigenvalue weighted by atomic mass is 9.58. The van der Waals surface area contributed by atoms with Crippen molar-refractivity contribution >= 4 is 11.6 Å². The highest BCUT2D eigenvalue weighted by Gasteiger charge is 2.41. The van der Waals surface area contributed by atoms with E-state index in [1.54, 1.807) is 12.1 Å². The molecule has 2 aromatic rings. The van der Waals surface area contributed by atoms with Crippen LogP contribution >= 0.6 is 11.6 Å². The second-order valence-electron chi connectivity index (χ2n) is 10.4. The Kier molecular flexibility index (Phi) is 6.07. The summed E-state index contributed by atoms with van der Waals surface area (Å²) in [5.41, 5.74) is 3.03. The van der Waals surface area contributed by atoms with Crippen molar-refractivity contribution in [3.63, 3.8) is 0 Å². The molecule has 2 aliphatic carbocycles. The van der Waals surface area contributed by atoms with Crippen LogP contribution in [0, 0.1) is 29.0 Å².